The van der Waals surface area contributed by atoms with Crippen molar-refractivity contribution in [2.45, 2.75) is 0 Å². The Balaban J connectivity index is 1.20. The van der Waals surface area contributed by atoms with Crippen LogP contribution >= 0.6 is 0 Å². The second kappa shape index (κ2) is 11.8. The zero-order chi connectivity index (χ0) is 30.9. The number of rotatable bonds is 6. The summed E-state index contributed by atoms with van der Waals surface area (Å²) in [4.78, 5) is 2.30. The van der Waals surface area contributed by atoms with Gasteiger partial charge in [0.05, 0.1) is 0 Å². The average Bonchev–Trinajstić information content (AvgIpc) is 3.13. The van der Waals surface area contributed by atoms with E-state index in [2.05, 4.69) is 150 Å². The van der Waals surface area contributed by atoms with E-state index in [1.165, 1.54) is 22.3 Å². The topological polar surface area (TPSA) is 23.5 Å². The lowest BCUT2D eigenvalue weighted by atomic mass is 9.94. The average molecular weight is 590 g/mol. The van der Waals surface area contributed by atoms with Crippen LogP contribution in [-0.2, 0) is 0 Å². The number of phenolic OH excluding ortho intramolecular Hbond substituents is 1. The lowest BCUT2D eigenvalue weighted by molar-refractivity contribution is 0.482. The van der Waals surface area contributed by atoms with E-state index >= 15 is 0 Å². The highest BCUT2D eigenvalue weighted by Gasteiger charge is 2.15. The molecule has 1 N–H and O–H groups in total. The van der Waals surface area contributed by atoms with Crippen molar-refractivity contribution in [1.82, 2.24) is 0 Å². The number of nitrogens with zero attached hydrogens (tertiary/aromatic N) is 1. The second-order valence-electron chi connectivity index (χ2n) is 11.5. The molecule has 2 nitrogen and oxygen atoms in total. The highest BCUT2D eigenvalue weighted by Crippen LogP contribution is 2.41. The Labute approximate surface area is 269 Å². The molecule has 0 saturated carbocycles. The molecule has 0 aromatic heterocycles. The van der Waals surface area contributed by atoms with Crippen molar-refractivity contribution in [3.05, 3.63) is 182 Å². The zero-order valence-electron chi connectivity index (χ0n) is 25.2. The molecule has 0 amide bonds. The molecule has 0 saturated heterocycles. The third-order valence-electron chi connectivity index (χ3n) is 8.78. The smallest absolute Gasteiger partial charge is 0.124 e. The quantitative estimate of drug-likeness (QED) is 0.195. The summed E-state index contributed by atoms with van der Waals surface area (Å²) in [7, 11) is 0. The Kier molecular flexibility index (Phi) is 7.01. The molecule has 0 aliphatic carbocycles. The van der Waals surface area contributed by atoms with Crippen molar-refractivity contribution in [2.75, 3.05) is 4.90 Å². The van der Waals surface area contributed by atoms with Crippen LogP contribution in [0.2, 0.25) is 0 Å². The molecule has 0 aliphatic rings. The molecule has 0 radical (unpaired) electrons. The molecule has 2 heteroatoms. The van der Waals surface area contributed by atoms with Gasteiger partial charge in [0.25, 0.3) is 0 Å². The Hall–Kier alpha value is -6.12. The fourth-order valence-electron chi connectivity index (χ4n) is 6.46. The van der Waals surface area contributed by atoms with Crippen molar-refractivity contribution in [1.29, 1.82) is 0 Å². The molecule has 8 aromatic rings. The van der Waals surface area contributed by atoms with Gasteiger partial charge in [-0.25, -0.2) is 0 Å². The maximum atomic E-state index is 10.9. The van der Waals surface area contributed by atoms with Gasteiger partial charge in [0.1, 0.15) is 5.75 Å². The highest BCUT2D eigenvalue weighted by molar-refractivity contribution is 6.14. The van der Waals surface area contributed by atoms with Crippen molar-refractivity contribution >= 4 is 38.6 Å². The van der Waals surface area contributed by atoms with E-state index in [1.807, 2.05) is 36.4 Å². The van der Waals surface area contributed by atoms with Gasteiger partial charge in [-0.2, -0.15) is 0 Å². The van der Waals surface area contributed by atoms with Gasteiger partial charge in [-0.05, 0) is 92.0 Å². The monoisotopic (exact) mass is 589 g/mol. The standard InChI is InChI=1S/C44H31NO/c46-43-30-29-40(42-28-21-35-13-7-8-14-41(35)44(42)43)36-19-26-39(27-20-36)45(37-22-15-33(16-23-37)31-9-3-1-4-10-31)38-24-17-34(18-25-38)32-11-5-2-6-12-32/h1-30,46H. The van der Waals surface area contributed by atoms with E-state index in [0.29, 0.717) is 5.75 Å². The molecule has 0 spiro atoms. The van der Waals surface area contributed by atoms with Crippen LogP contribution in [0.1, 0.15) is 0 Å². The van der Waals surface area contributed by atoms with Crippen LogP contribution in [0, 0.1) is 0 Å². The van der Waals surface area contributed by atoms with Gasteiger partial charge in [0, 0.05) is 22.4 Å². The Morgan fingerprint density at radius 1 is 0.326 bits per heavy atom. The van der Waals surface area contributed by atoms with E-state index in [4.69, 9.17) is 0 Å². The normalized spacial score (nSPS) is 11.1. The number of phenols is 1. The first kappa shape index (κ1) is 27.4. The van der Waals surface area contributed by atoms with Gasteiger partial charge in [-0.15, -0.1) is 0 Å². The number of anilines is 3. The van der Waals surface area contributed by atoms with Gasteiger partial charge >= 0.3 is 0 Å². The van der Waals surface area contributed by atoms with Crippen LogP contribution in [0.3, 0.4) is 0 Å². The van der Waals surface area contributed by atoms with Crippen molar-refractivity contribution in [3.63, 3.8) is 0 Å². The SMILES string of the molecule is Oc1ccc(-c2ccc(N(c3ccc(-c4ccccc4)cc3)c3ccc(-c4ccccc4)cc3)cc2)c2ccc3ccccc3c12. The number of hydrogen-bond acceptors (Lipinski definition) is 2. The van der Waals surface area contributed by atoms with E-state index in [0.717, 1.165) is 49.7 Å². The highest BCUT2D eigenvalue weighted by atomic mass is 16.3. The molecule has 0 atom stereocenters. The number of aromatic hydroxyl groups is 1. The summed E-state index contributed by atoms with van der Waals surface area (Å²) in [5.74, 6) is 0.302. The van der Waals surface area contributed by atoms with Crippen LogP contribution in [0.4, 0.5) is 17.1 Å². The molecular formula is C44H31NO. The van der Waals surface area contributed by atoms with Gasteiger partial charge in [-0.3, -0.25) is 0 Å². The molecule has 0 bridgehead atoms. The summed E-state index contributed by atoms with van der Waals surface area (Å²) in [5.41, 5.74) is 10.2. The largest absolute Gasteiger partial charge is 0.507 e. The minimum atomic E-state index is 0.302. The molecular weight excluding hydrogens is 558 g/mol. The fraction of sp³-hybridized carbons (Fsp3) is 0. The van der Waals surface area contributed by atoms with Crippen LogP contribution in [0.5, 0.6) is 5.75 Å². The number of fused-ring (bicyclic) bond motifs is 3. The van der Waals surface area contributed by atoms with Gasteiger partial charge in [0.15, 0.2) is 0 Å². The maximum absolute atomic E-state index is 10.9. The Morgan fingerprint density at radius 3 is 1.33 bits per heavy atom. The first-order valence-corrected chi connectivity index (χ1v) is 15.6. The summed E-state index contributed by atoms with van der Waals surface area (Å²) in [5, 5.41) is 15.0. The van der Waals surface area contributed by atoms with Crippen LogP contribution in [-0.4, -0.2) is 5.11 Å². The van der Waals surface area contributed by atoms with Crippen molar-refractivity contribution in [3.8, 4) is 39.1 Å². The third-order valence-corrected chi connectivity index (χ3v) is 8.78. The molecule has 0 aliphatic heterocycles. The first-order chi connectivity index (χ1) is 22.7. The van der Waals surface area contributed by atoms with E-state index in [-0.39, 0.29) is 0 Å². The minimum absolute atomic E-state index is 0.302. The lowest BCUT2D eigenvalue weighted by Crippen LogP contribution is -2.09. The number of hydrogen-bond donors (Lipinski definition) is 1. The van der Waals surface area contributed by atoms with Crippen molar-refractivity contribution in [2.24, 2.45) is 0 Å². The molecule has 8 aromatic carbocycles. The second-order valence-corrected chi connectivity index (χ2v) is 11.5. The first-order valence-electron chi connectivity index (χ1n) is 15.6. The molecule has 0 fully saturated rings. The van der Waals surface area contributed by atoms with Crippen LogP contribution < -0.4 is 4.90 Å². The van der Waals surface area contributed by atoms with E-state index in [1.54, 1.807) is 0 Å². The molecule has 46 heavy (non-hydrogen) atoms. The Morgan fingerprint density at radius 2 is 0.783 bits per heavy atom. The lowest BCUT2D eigenvalue weighted by Gasteiger charge is -2.26. The van der Waals surface area contributed by atoms with Crippen molar-refractivity contribution < 1.29 is 5.11 Å². The summed E-state index contributed by atoms with van der Waals surface area (Å²) in [6, 6.07) is 63.5. The van der Waals surface area contributed by atoms with Crippen LogP contribution in [0.15, 0.2) is 182 Å². The summed E-state index contributed by atoms with van der Waals surface area (Å²) < 4.78 is 0. The predicted octanol–water partition coefficient (Wildman–Crippen LogP) is 12.2. The summed E-state index contributed by atoms with van der Waals surface area (Å²) >= 11 is 0. The van der Waals surface area contributed by atoms with Gasteiger partial charge in [-0.1, -0.05) is 140 Å². The van der Waals surface area contributed by atoms with E-state index in [9.17, 15) is 5.11 Å². The predicted molar refractivity (Wildman–Crippen MR) is 194 cm³/mol. The minimum Gasteiger partial charge on any atom is -0.507 e. The van der Waals surface area contributed by atoms with E-state index < -0.39 is 0 Å². The summed E-state index contributed by atoms with van der Waals surface area (Å²) in [6.07, 6.45) is 0. The number of benzene rings is 8. The molecule has 218 valence electrons. The van der Waals surface area contributed by atoms with Gasteiger partial charge < -0.3 is 10.0 Å². The van der Waals surface area contributed by atoms with Crippen LogP contribution in [0.25, 0.3) is 54.9 Å². The maximum Gasteiger partial charge on any atom is 0.124 e. The molecule has 8 rings (SSSR count). The molecule has 0 unspecified atom stereocenters. The fourth-order valence-corrected chi connectivity index (χ4v) is 6.46. The zero-order valence-corrected chi connectivity index (χ0v) is 25.2. The molecule has 0 heterocycles. The Bertz CT molecular complexity index is 2190. The third kappa shape index (κ3) is 5.06. The summed E-state index contributed by atoms with van der Waals surface area (Å²) in [6.45, 7) is 0. The van der Waals surface area contributed by atoms with Gasteiger partial charge in [0.2, 0.25) is 0 Å².